The predicted molar refractivity (Wildman–Crippen MR) is 113 cm³/mol. The van der Waals surface area contributed by atoms with E-state index in [1.807, 2.05) is 35.2 Å². The Bertz CT molecular complexity index is 652. The van der Waals surface area contributed by atoms with Crippen LogP contribution in [0.4, 0.5) is 5.69 Å². The largest absolute Gasteiger partial charge is 0.340 e. The summed E-state index contributed by atoms with van der Waals surface area (Å²) < 4.78 is 0. The summed E-state index contributed by atoms with van der Waals surface area (Å²) in [6.45, 7) is 10.3. The molecule has 0 unspecified atom stereocenters. The van der Waals surface area contributed by atoms with Crippen molar-refractivity contribution in [2.75, 3.05) is 38.0 Å². The molecule has 3 rings (SSSR count). The summed E-state index contributed by atoms with van der Waals surface area (Å²) in [6, 6.07) is 9.54. The molecule has 1 aromatic carbocycles. The molecule has 1 N–H and O–H groups in total. The standard InChI is InChI=1S/C23H35N3O2/c1-23(2,3)19-11-9-18(10-12-19)22(28)26-15-13-25(14-16-26)17-21(27)24-20-7-5-4-6-8-20/h4-8,18-19H,9-17H2,1-3H3,(H,24,27). The minimum Gasteiger partial charge on any atom is -0.340 e. The highest BCUT2D eigenvalue weighted by Crippen LogP contribution is 2.40. The van der Waals surface area contributed by atoms with Crippen molar-refractivity contribution in [3.63, 3.8) is 0 Å². The third kappa shape index (κ3) is 5.57. The van der Waals surface area contributed by atoms with Gasteiger partial charge in [-0.1, -0.05) is 39.0 Å². The van der Waals surface area contributed by atoms with E-state index in [4.69, 9.17) is 0 Å². The van der Waals surface area contributed by atoms with E-state index in [1.54, 1.807) is 0 Å². The van der Waals surface area contributed by atoms with Crippen LogP contribution in [0.2, 0.25) is 0 Å². The zero-order valence-electron chi connectivity index (χ0n) is 17.6. The van der Waals surface area contributed by atoms with Gasteiger partial charge < -0.3 is 10.2 Å². The van der Waals surface area contributed by atoms with Gasteiger partial charge in [-0.25, -0.2) is 0 Å². The summed E-state index contributed by atoms with van der Waals surface area (Å²) in [7, 11) is 0. The number of rotatable bonds is 4. The number of carbonyl (C=O) groups excluding carboxylic acids is 2. The molecule has 0 bridgehead atoms. The number of carbonyl (C=O) groups is 2. The Balaban J connectivity index is 1.40. The van der Waals surface area contributed by atoms with E-state index < -0.39 is 0 Å². The summed E-state index contributed by atoms with van der Waals surface area (Å²) >= 11 is 0. The first-order valence-electron chi connectivity index (χ1n) is 10.7. The molecule has 2 aliphatic rings. The van der Waals surface area contributed by atoms with Gasteiger partial charge in [0.15, 0.2) is 0 Å². The number of anilines is 1. The molecule has 1 saturated heterocycles. The lowest BCUT2D eigenvalue weighted by Crippen LogP contribution is -2.52. The van der Waals surface area contributed by atoms with Gasteiger partial charge >= 0.3 is 0 Å². The molecule has 2 fully saturated rings. The van der Waals surface area contributed by atoms with Crippen molar-refractivity contribution in [3.05, 3.63) is 30.3 Å². The second-order valence-electron chi connectivity index (χ2n) is 9.43. The van der Waals surface area contributed by atoms with Gasteiger partial charge in [-0.2, -0.15) is 0 Å². The van der Waals surface area contributed by atoms with Crippen molar-refractivity contribution >= 4 is 17.5 Å². The molecule has 1 aliphatic carbocycles. The van der Waals surface area contributed by atoms with E-state index in [1.165, 1.54) is 12.8 Å². The Hall–Kier alpha value is -1.88. The molecule has 0 atom stereocenters. The summed E-state index contributed by atoms with van der Waals surface area (Å²) in [5.41, 5.74) is 1.17. The minimum absolute atomic E-state index is 0.00600. The monoisotopic (exact) mass is 385 g/mol. The summed E-state index contributed by atoms with van der Waals surface area (Å²) in [4.78, 5) is 29.3. The molecule has 5 nitrogen and oxygen atoms in total. The van der Waals surface area contributed by atoms with Gasteiger partial charge in [0.25, 0.3) is 0 Å². The highest BCUT2D eigenvalue weighted by molar-refractivity contribution is 5.92. The maximum absolute atomic E-state index is 12.9. The van der Waals surface area contributed by atoms with E-state index in [-0.39, 0.29) is 11.8 Å². The van der Waals surface area contributed by atoms with Crippen molar-refractivity contribution in [1.82, 2.24) is 9.80 Å². The van der Waals surface area contributed by atoms with Crippen LogP contribution in [0.25, 0.3) is 0 Å². The molecule has 154 valence electrons. The number of amides is 2. The molecule has 0 aromatic heterocycles. The lowest BCUT2D eigenvalue weighted by atomic mass is 9.69. The number of hydrogen-bond acceptors (Lipinski definition) is 3. The third-order valence-corrected chi connectivity index (χ3v) is 6.41. The van der Waals surface area contributed by atoms with Crippen LogP contribution in [0.3, 0.4) is 0 Å². The van der Waals surface area contributed by atoms with E-state index >= 15 is 0 Å². The van der Waals surface area contributed by atoms with Crippen LogP contribution in [-0.4, -0.2) is 54.3 Å². The zero-order chi connectivity index (χ0) is 20.1. The lowest BCUT2D eigenvalue weighted by molar-refractivity contribution is -0.139. The Morgan fingerprint density at radius 1 is 0.964 bits per heavy atom. The molecule has 5 heteroatoms. The van der Waals surface area contributed by atoms with Crippen LogP contribution in [-0.2, 0) is 9.59 Å². The fourth-order valence-electron chi connectivity index (χ4n) is 4.52. The highest BCUT2D eigenvalue weighted by atomic mass is 16.2. The topological polar surface area (TPSA) is 52.7 Å². The van der Waals surface area contributed by atoms with Crippen LogP contribution in [0.15, 0.2) is 30.3 Å². The summed E-state index contributed by atoms with van der Waals surface area (Å²) in [5, 5.41) is 2.93. The normalized spacial score (nSPS) is 24.0. The second kappa shape index (κ2) is 9.08. The molecule has 1 aliphatic heterocycles. The Labute approximate surface area is 169 Å². The number of piperazine rings is 1. The Morgan fingerprint density at radius 3 is 2.14 bits per heavy atom. The lowest BCUT2D eigenvalue weighted by Gasteiger charge is -2.40. The fraction of sp³-hybridized carbons (Fsp3) is 0.652. The summed E-state index contributed by atoms with van der Waals surface area (Å²) in [6.07, 6.45) is 4.39. The first kappa shape index (κ1) is 20.8. The molecule has 0 spiro atoms. The molecular formula is C23H35N3O2. The van der Waals surface area contributed by atoms with Crippen molar-refractivity contribution in [1.29, 1.82) is 0 Å². The van der Waals surface area contributed by atoms with E-state index in [0.29, 0.717) is 17.9 Å². The Morgan fingerprint density at radius 2 is 1.57 bits per heavy atom. The van der Waals surface area contributed by atoms with E-state index in [2.05, 4.69) is 31.0 Å². The smallest absolute Gasteiger partial charge is 0.238 e. The second-order valence-corrected chi connectivity index (χ2v) is 9.43. The number of benzene rings is 1. The number of para-hydroxylation sites is 1. The van der Waals surface area contributed by atoms with E-state index in [9.17, 15) is 9.59 Å². The zero-order valence-corrected chi connectivity index (χ0v) is 17.6. The van der Waals surface area contributed by atoms with Gasteiger partial charge in [0.05, 0.1) is 6.54 Å². The van der Waals surface area contributed by atoms with Gasteiger partial charge in [-0.3, -0.25) is 14.5 Å². The van der Waals surface area contributed by atoms with Crippen LogP contribution < -0.4 is 5.32 Å². The minimum atomic E-state index is 0.00600. The maximum Gasteiger partial charge on any atom is 0.238 e. The highest BCUT2D eigenvalue weighted by Gasteiger charge is 2.34. The number of nitrogens with zero attached hydrogens (tertiary/aromatic N) is 2. The van der Waals surface area contributed by atoms with Gasteiger partial charge in [0.1, 0.15) is 0 Å². The van der Waals surface area contributed by atoms with Gasteiger partial charge in [0, 0.05) is 37.8 Å². The summed E-state index contributed by atoms with van der Waals surface area (Å²) in [5.74, 6) is 1.27. The third-order valence-electron chi connectivity index (χ3n) is 6.41. The molecule has 2 amide bonds. The molecule has 1 aromatic rings. The fourth-order valence-corrected chi connectivity index (χ4v) is 4.52. The Kier molecular flexibility index (Phi) is 6.76. The average molecular weight is 386 g/mol. The molecule has 28 heavy (non-hydrogen) atoms. The SMILES string of the molecule is CC(C)(C)C1CCC(C(=O)N2CCN(CC(=O)Nc3ccccc3)CC2)CC1. The van der Waals surface area contributed by atoms with Crippen molar-refractivity contribution in [3.8, 4) is 0 Å². The molecular weight excluding hydrogens is 350 g/mol. The van der Waals surface area contributed by atoms with Crippen LogP contribution in [0, 0.1) is 17.3 Å². The van der Waals surface area contributed by atoms with Gasteiger partial charge in [-0.05, 0) is 49.1 Å². The van der Waals surface area contributed by atoms with Crippen LogP contribution in [0.1, 0.15) is 46.5 Å². The molecule has 1 heterocycles. The molecule has 1 saturated carbocycles. The average Bonchev–Trinajstić information content (AvgIpc) is 2.68. The number of nitrogens with one attached hydrogen (secondary N) is 1. The first-order valence-corrected chi connectivity index (χ1v) is 10.7. The van der Waals surface area contributed by atoms with Crippen molar-refractivity contribution in [2.24, 2.45) is 17.3 Å². The van der Waals surface area contributed by atoms with Crippen LogP contribution in [0.5, 0.6) is 0 Å². The van der Waals surface area contributed by atoms with Gasteiger partial charge in [0.2, 0.25) is 11.8 Å². The van der Waals surface area contributed by atoms with Gasteiger partial charge in [-0.15, -0.1) is 0 Å². The van der Waals surface area contributed by atoms with Crippen molar-refractivity contribution < 1.29 is 9.59 Å². The number of hydrogen-bond donors (Lipinski definition) is 1. The maximum atomic E-state index is 12.9. The first-order chi connectivity index (χ1) is 13.3. The predicted octanol–water partition coefficient (Wildman–Crippen LogP) is 3.62. The van der Waals surface area contributed by atoms with E-state index in [0.717, 1.165) is 50.6 Å². The molecule has 0 radical (unpaired) electrons. The van der Waals surface area contributed by atoms with Crippen LogP contribution >= 0.6 is 0 Å². The van der Waals surface area contributed by atoms with Crippen molar-refractivity contribution in [2.45, 2.75) is 46.5 Å². The quantitative estimate of drug-likeness (QED) is 0.861.